The SMILES string of the molecule is C=Cn1nccc1[CH]=[Ni]. The van der Waals surface area contributed by atoms with Crippen LogP contribution in [0.2, 0.25) is 0 Å². The molecule has 50 valence electrons. The molecular weight excluding hydrogens is 159 g/mol. The Balaban J connectivity index is 3.12. The molecule has 1 aromatic heterocycles. The van der Waals surface area contributed by atoms with E-state index in [4.69, 9.17) is 0 Å². The minimum atomic E-state index is 0.907. The molecule has 0 atom stereocenters. The molecule has 9 heavy (non-hydrogen) atoms. The molecule has 1 aromatic rings. The molecule has 0 saturated heterocycles. The summed E-state index contributed by atoms with van der Waals surface area (Å²) in [5.74, 6) is 0. The molecular formula is C6H6N2Ni. The third-order valence-corrected chi connectivity index (χ3v) is 1.26. The number of hydrogen-bond acceptors (Lipinski definition) is 1. The molecule has 0 unspecified atom stereocenters. The van der Waals surface area contributed by atoms with E-state index >= 15 is 0 Å². The van der Waals surface area contributed by atoms with Gasteiger partial charge in [-0.15, -0.1) is 0 Å². The van der Waals surface area contributed by atoms with Crippen molar-refractivity contribution in [3.8, 4) is 0 Å². The van der Waals surface area contributed by atoms with Gasteiger partial charge < -0.3 is 0 Å². The first-order valence-corrected chi connectivity index (χ1v) is 3.01. The summed E-state index contributed by atoms with van der Waals surface area (Å²) in [7, 11) is 0. The number of hydrogen-bond donors (Lipinski definition) is 0. The van der Waals surface area contributed by atoms with Gasteiger partial charge in [0.15, 0.2) is 0 Å². The standard InChI is InChI=1S/C6H6N2.Ni/c1-3-8-6(2)4-5-7-8;/h2-5H,1H2;. The normalized spacial score (nSPS) is 9.11. The molecule has 0 fully saturated rings. The first kappa shape index (κ1) is 6.43. The van der Waals surface area contributed by atoms with E-state index < -0.39 is 0 Å². The molecule has 0 radical (unpaired) electrons. The fraction of sp³-hybridized carbons (Fsp3) is 0. The number of nitrogens with zero attached hydrogens (tertiary/aromatic N) is 2. The fourth-order valence-electron chi connectivity index (χ4n) is 0.549. The Morgan fingerprint density at radius 2 is 2.56 bits per heavy atom. The Bertz CT molecular complexity index is 204. The van der Waals surface area contributed by atoms with Gasteiger partial charge in [-0.1, -0.05) is 0 Å². The molecule has 1 rings (SSSR count). The van der Waals surface area contributed by atoms with Crippen molar-refractivity contribution in [2.24, 2.45) is 0 Å². The average Bonchev–Trinajstić information content (AvgIpc) is 2.33. The van der Waals surface area contributed by atoms with Crippen LogP contribution < -0.4 is 0 Å². The van der Waals surface area contributed by atoms with Crippen LogP contribution >= 0.6 is 0 Å². The predicted octanol–water partition coefficient (Wildman–Crippen LogP) is 0.681. The summed E-state index contributed by atoms with van der Waals surface area (Å²) in [4.78, 5) is 1.61. The van der Waals surface area contributed by atoms with Crippen LogP contribution in [-0.4, -0.2) is 14.8 Å². The minimum absolute atomic E-state index is 0.907. The Kier molecular flexibility index (Phi) is 1.96. The van der Waals surface area contributed by atoms with Gasteiger partial charge in [0.05, 0.1) is 0 Å². The number of aromatic nitrogens is 2. The molecule has 0 aliphatic heterocycles. The zero-order valence-corrected chi connectivity index (χ0v) is 5.71. The zero-order chi connectivity index (χ0) is 6.69. The van der Waals surface area contributed by atoms with Crippen molar-refractivity contribution in [2.45, 2.75) is 0 Å². The molecule has 0 saturated carbocycles. The van der Waals surface area contributed by atoms with Gasteiger partial charge >= 0.3 is 60.5 Å². The van der Waals surface area contributed by atoms with Crippen molar-refractivity contribution >= 4 is 11.2 Å². The second kappa shape index (κ2) is 2.74. The summed E-state index contributed by atoms with van der Waals surface area (Å²) in [5, 5.41) is 3.91. The van der Waals surface area contributed by atoms with E-state index in [9.17, 15) is 0 Å². The molecule has 0 spiro atoms. The Hall–Kier alpha value is -0.686. The molecule has 0 aliphatic rings. The van der Waals surface area contributed by atoms with Crippen molar-refractivity contribution in [2.75, 3.05) is 0 Å². The van der Waals surface area contributed by atoms with E-state index in [-0.39, 0.29) is 0 Å². The Labute approximate surface area is 61.1 Å². The second-order valence-corrected chi connectivity index (χ2v) is 1.76. The van der Waals surface area contributed by atoms with Gasteiger partial charge in [0, 0.05) is 0 Å². The maximum atomic E-state index is 4.42. The summed E-state index contributed by atoms with van der Waals surface area (Å²) in [6.45, 7) is 3.55. The van der Waals surface area contributed by atoms with Crippen LogP contribution in [0.4, 0.5) is 0 Å². The molecule has 0 amide bonds. The van der Waals surface area contributed by atoms with Crippen LogP contribution in [0.15, 0.2) is 18.8 Å². The van der Waals surface area contributed by atoms with Gasteiger partial charge in [-0.25, -0.2) is 0 Å². The summed E-state index contributed by atoms with van der Waals surface area (Å²) in [6.07, 6.45) is 3.30. The van der Waals surface area contributed by atoms with E-state index in [2.05, 4.69) is 26.7 Å². The fourth-order valence-corrected chi connectivity index (χ4v) is 0.775. The van der Waals surface area contributed by atoms with E-state index in [1.165, 1.54) is 0 Å². The van der Waals surface area contributed by atoms with Gasteiger partial charge in [-0.05, 0) is 0 Å². The monoisotopic (exact) mass is 164 g/mol. The third-order valence-electron chi connectivity index (χ3n) is 0.967. The van der Waals surface area contributed by atoms with Gasteiger partial charge in [0.25, 0.3) is 0 Å². The van der Waals surface area contributed by atoms with Crippen LogP contribution in [0, 0.1) is 0 Å². The topological polar surface area (TPSA) is 17.8 Å². The van der Waals surface area contributed by atoms with E-state index in [1.807, 2.05) is 6.07 Å². The molecule has 1 heterocycles. The predicted molar refractivity (Wildman–Crippen MR) is 33.8 cm³/mol. The third kappa shape index (κ3) is 1.16. The van der Waals surface area contributed by atoms with Crippen molar-refractivity contribution in [1.29, 1.82) is 0 Å². The Morgan fingerprint density at radius 1 is 1.78 bits per heavy atom. The first-order chi connectivity index (χ1) is 4.38. The summed E-state index contributed by atoms with van der Waals surface area (Å²) in [5.41, 5.74) is 0.907. The van der Waals surface area contributed by atoms with Crippen molar-refractivity contribution in [3.05, 3.63) is 24.5 Å². The average molecular weight is 165 g/mol. The molecule has 0 N–H and O–H groups in total. The van der Waals surface area contributed by atoms with Crippen LogP contribution in [0.1, 0.15) is 5.69 Å². The molecule has 0 aromatic carbocycles. The summed E-state index contributed by atoms with van der Waals surface area (Å²) in [6, 6.07) is 1.84. The van der Waals surface area contributed by atoms with Crippen LogP contribution in [-0.2, 0) is 15.0 Å². The second-order valence-electron chi connectivity index (χ2n) is 1.47. The van der Waals surface area contributed by atoms with Crippen LogP contribution in [0.25, 0.3) is 6.20 Å². The van der Waals surface area contributed by atoms with Gasteiger partial charge in [-0.3, -0.25) is 0 Å². The van der Waals surface area contributed by atoms with Crippen molar-refractivity contribution < 1.29 is 15.0 Å². The van der Waals surface area contributed by atoms with E-state index in [0.29, 0.717) is 0 Å². The molecule has 0 bridgehead atoms. The van der Waals surface area contributed by atoms with E-state index in [1.54, 1.807) is 22.1 Å². The summed E-state index contributed by atoms with van der Waals surface area (Å²) < 4.78 is 1.63. The van der Waals surface area contributed by atoms with Crippen molar-refractivity contribution in [1.82, 2.24) is 9.78 Å². The molecule has 2 nitrogen and oxygen atoms in total. The molecule has 3 heteroatoms. The van der Waals surface area contributed by atoms with E-state index in [0.717, 1.165) is 5.69 Å². The summed E-state index contributed by atoms with van der Waals surface area (Å²) >= 11 is 4.42. The van der Waals surface area contributed by atoms with Crippen LogP contribution in [0.5, 0.6) is 0 Å². The number of rotatable bonds is 2. The maximum absolute atomic E-state index is 4.42. The zero-order valence-electron chi connectivity index (χ0n) is 4.73. The van der Waals surface area contributed by atoms with Gasteiger partial charge in [0.1, 0.15) is 0 Å². The van der Waals surface area contributed by atoms with Gasteiger partial charge in [0.2, 0.25) is 0 Å². The molecule has 0 aliphatic carbocycles. The van der Waals surface area contributed by atoms with Gasteiger partial charge in [-0.2, -0.15) is 0 Å². The quantitative estimate of drug-likeness (QED) is 0.589. The Morgan fingerprint density at radius 3 is 3.00 bits per heavy atom. The van der Waals surface area contributed by atoms with Crippen LogP contribution in [0.3, 0.4) is 0 Å². The van der Waals surface area contributed by atoms with Crippen molar-refractivity contribution in [3.63, 3.8) is 0 Å². The first-order valence-electron chi connectivity index (χ1n) is 2.44.